The average Bonchev–Trinajstić information content (AvgIpc) is 2.80. The minimum absolute atomic E-state index is 0.656. The highest BCUT2D eigenvalue weighted by Gasteiger charge is 2.21. The highest BCUT2D eigenvalue weighted by atomic mass is 32.1. The van der Waals surface area contributed by atoms with Gasteiger partial charge in [-0.2, -0.15) is 11.3 Å². The van der Waals surface area contributed by atoms with E-state index < -0.39 is 0 Å². The number of hydrogen-bond acceptors (Lipinski definition) is 3. The van der Waals surface area contributed by atoms with Crippen LogP contribution in [-0.2, 0) is 0 Å². The number of nitrogens with one attached hydrogen (secondary N) is 1. The summed E-state index contributed by atoms with van der Waals surface area (Å²) in [6.07, 6.45) is 2.56. The SMILES string of the molecule is CCC[C@@H](c1ccsc1)N1CCNCC1. The summed E-state index contributed by atoms with van der Waals surface area (Å²) in [4.78, 5) is 2.63. The Morgan fingerprint density at radius 1 is 1.47 bits per heavy atom. The summed E-state index contributed by atoms with van der Waals surface area (Å²) in [6.45, 7) is 6.96. The molecule has 84 valence electrons. The first-order valence-corrected chi connectivity index (χ1v) is 6.83. The van der Waals surface area contributed by atoms with Crippen LogP contribution >= 0.6 is 11.3 Å². The van der Waals surface area contributed by atoms with Crippen molar-refractivity contribution in [3.8, 4) is 0 Å². The quantitative estimate of drug-likeness (QED) is 0.845. The molecule has 1 aliphatic heterocycles. The molecule has 1 N–H and O–H groups in total. The van der Waals surface area contributed by atoms with E-state index in [0.717, 1.165) is 13.1 Å². The summed E-state index contributed by atoms with van der Waals surface area (Å²) in [5, 5.41) is 7.92. The van der Waals surface area contributed by atoms with E-state index in [9.17, 15) is 0 Å². The van der Waals surface area contributed by atoms with Gasteiger partial charge in [0, 0.05) is 32.2 Å². The summed E-state index contributed by atoms with van der Waals surface area (Å²) in [6, 6.07) is 2.94. The molecule has 0 spiro atoms. The molecule has 0 saturated carbocycles. The Balaban J connectivity index is 2.04. The fourth-order valence-electron chi connectivity index (χ4n) is 2.29. The summed E-state index contributed by atoms with van der Waals surface area (Å²) < 4.78 is 0. The molecule has 2 heterocycles. The number of rotatable bonds is 4. The maximum Gasteiger partial charge on any atom is 0.0357 e. The molecular weight excluding hydrogens is 204 g/mol. The van der Waals surface area contributed by atoms with Crippen LogP contribution < -0.4 is 5.32 Å². The predicted molar refractivity (Wildman–Crippen MR) is 66.4 cm³/mol. The highest BCUT2D eigenvalue weighted by Crippen LogP contribution is 2.27. The van der Waals surface area contributed by atoms with Crippen molar-refractivity contribution in [1.29, 1.82) is 0 Å². The van der Waals surface area contributed by atoms with Gasteiger partial charge in [0.25, 0.3) is 0 Å². The smallest absolute Gasteiger partial charge is 0.0357 e. The van der Waals surface area contributed by atoms with Crippen LogP contribution in [-0.4, -0.2) is 31.1 Å². The monoisotopic (exact) mass is 224 g/mol. The molecule has 2 nitrogen and oxygen atoms in total. The van der Waals surface area contributed by atoms with Gasteiger partial charge in [-0.05, 0) is 28.8 Å². The maximum atomic E-state index is 3.42. The molecule has 1 aliphatic rings. The molecule has 3 heteroatoms. The summed E-state index contributed by atoms with van der Waals surface area (Å²) >= 11 is 1.82. The predicted octanol–water partition coefficient (Wildman–Crippen LogP) is 2.49. The molecule has 0 bridgehead atoms. The van der Waals surface area contributed by atoms with Crippen molar-refractivity contribution in [1.82, 2.24) is 10.2 Å². The van der Waals surface area contributed by atoms with Gasteiger partial charge in [-0.15, -0.1) is 0 Å². The Morgan fingerprint density at radius 3 is 2.87 bits per heavy atom. The van der Waals surface area contributed by atoms with Gasteiger partial charge in [0.15, 0.2) is 0 Å². The Labute approximate surface area is 96.3 Å². The van der Waals surface area contributed by atoms with E-state index in [1.165, 1.54) is 31.5 Å². The van der Waals surface area contributed by atoms with Crippen LogP contribution in [0.5, 0.6) is 0 Å². The fraction of sp³-hybridized carbons (Fsp3) is 0.667. The molecule has 0 radical (unpaired) electrons. The molecule has 0 aromatic carbocycles. The minimum atomic E-state index is 0.656. The molecule has 0 amide bonds. The van der Waals surface area contributed by atoms with Crippen molar-refractivity contribution in [3.63, 3.8) is 0 Å². The standard InChI is InChI=1S/C12H20N2S/c1-2-3-12(11-4-9-15-10-11)14-7-5-13-6-8-14/h4,9-10,12-13H,2-3,5-8H2,1H3/t12-/m0/s1. The lowest BCUT2D eigenvalue weighted by Crippen LogP contribution is -2.45. The van der Waals surface area contributed by atoms with Gasteiger partial charge in [0.1, 0.15) is 0 Å². The molecule has 0 unspecified atom stereocenters. The zero-order valence-corrected chi connectivity index (χ0v) is 10.2. The van der Waals surface area contributed by atoms with Crippen molar-refractivity contribution < 1.29 is 0 Å². The van der Waals surface area contributed by atoms with Gasteiger partial charge in [-0.3, -0.25) is 4.90 Å². The lowest BCUT2D eigenvalue weighted by Gasteiger charge is -2.34. The topological polar surface area (TPSA) is 15.3 Å². The number of hydrogen-bond donors (Lipinski definition) is 1. The molecule has 1 fully saturated rings. The number of nitrogens with zero attached hydrogens (tertiary/aromatic N) is 1. The van der Waals surface area contributed by atoms with Crippen molar-refractivity contribution in [3.05, 3.63) is 22.4 Å². The Bertz CT molecular complexity index is 265. The molecule has 2 rings (SSSR count). The minimum Gasteiger partial charge on any atom is -0.314 e. The first-order chi connectivity index (χ1) is 7.42. The molecular formula is C12H20N2S. The van der Waals surface area contributed by atoms with Crippen molar-refractivity contribution >= 4 is 11.3 Å². The highest BCUT2D eigenvalue weighted by molar-refractivity contribution is 7.07. The van der Waals surface area contributed by atoms with Gasteiger partial charge in [0.2, 0.25) is 0 Å². The molecule has 1 aromatic rings. The van der Waals surface area contributed by atoms with Crippen LogP contribution in [0.1, 0.15) is 31.4 Å². The Hall–Kier alpha value is -0.380. The Morgan fingerprint density at radius 2 is 2.27 bits per heavy atom. The zero-order valence-electron chi connectivity index (χ0n) is 9.41. The van der Waals surface area contributed by atoms with E-state index in [1.807, 2.05) is 11.3 Å². The fourth-order valence-corrected chi connectivity index (χ4v) is 3.00. The molecule has 1 atom stereocenters. The lowest BCUT2D eigenvalue weighted by molar-refractivity contribution is 0.165. The number of piperazine rings is 1. The normalized spacial score (nSPS) is 20.3. The van der Waals surface area contributed by atoms with Crippen molar-refractivity contribution in [2.75, 3.05) is 26.2 Å². The van der Waals surface area contributed by atoms with Crippen LogP contribution in [0.2, 0.25) is 0 Å². The molecule has 1 aromatic heterocycles. The maximum absolute atomic E-state index is 3.42. The van der Waals surface area contributed by atoms with Crippen LogP contribution in [0.3, 0.4) is 0 Å². The second kappa shape index (κ2) is 5.64. The van der Waals surface area contributed by atoms with Crippen LogP contribution in [0.25, 0.3) is 0 Å². The van der Waals surface area contributed by atoms with E-state index in [-0.39, 0.29) is 0 Å². The average molecular weight is 224 g/mol. The lowest BCUT2D eigenvalue weighted by atomic mass is 10.0. The zero-order chi connectivity index (χ0) is 10.5. The van der Waals surface area contributed by atoms with Crippen LogP contribution in [0.4, 0.5) is 0 Å². The van der Waals surface area contributed by atoms with Gasteiger partial charge in [-0.25, -0.2) is 0 Å². The largest absolute Gasteiger partial charge is 0.314 e. The van der Waals surface area contributed by atoms with Gasteiger partial charge in [-0.1, -0.05) is 13.3 Å². The summed E-state index contributed by atoms with van der Waals surface area (Å²) in [5.74, 6) is 0. The van der Waals surface area contributed by atoms with E-state index in [0.29, 0.717) is 6.04 Å². The number of thiophene rings is 1. The van der Waals surface area contributed by atoms with Gasteiger partial charge >= 0.3 is 0 Å². The third-order valence-corrected chi connectivity index (χ3v) is 3.78. The Kier molecular flexibility index (Phi) is 4.18. The van der Waals surface area contributed by atoms with Crippen LogP contribution in [0, 0.1) is 0 Å². The van der Waals surface area contributed by atoms with Gasteiger partial charge < -0.3 is 5.32 Å². The molecule has 1 saturated heterocycles. The summed E-state index contributed by atoms with van der Waals surface area (Å²) in [5.41, 5.74) is 1.52. The first-order valence-electron chi connectivity index (χ1n) is 5.88. The van der Waals surface area contributed by atoms with Gasteiger partial charge in [0.05, 0.1) is 0 Å². The van der Waals surface area contributed by atoms with E-state index in [2.05, 4.69) is 34.0 Å². The second-order valence-corrected chi connectivity index (χ2v) is 4.93. The third kappa shape index (κ3) is 2.80. The van der Waals surface area contributed by atoms with E-state index >= 15 is 0 Å². The third-order valence-electron chi connectivity index (χ3n) is 3.08. The first kappa shape index (κ1) is 11.1. The van der Waals surface area contributed by atoms with Crippen molar-refractivity contribution in [2.24, 2.45) is 0 Å². The van der Waals surface area contributed by atoms with Crippen molar-refractivity contribution in [2.45, 2.75) is 25.8 Å². The van der Waals surface area contributed by atoms with E-state index in [4.69, 9.17) is 0 Å². The van der Waals surface area contributed by atoms with Crippen LogP contribution in [0.15, 0.2) is 16.8 Å². The summed E-state index contributed by atoms with van der Waals surface area (Å²) in [7, 11) is 0. The molecule has 0 aliphatic carbocycles. The second-order valence-electron chi connectivity index (χ2n) is 4.15. The molecule has 15 heavy (non-hydrogen) atoms. The van der Waals surface area contributed by atoms with E-state index in [1.54, 1.807) is 0 Å².